The molecule has 0 saturated heterocycles. The maximum Gasteiger partial charge on any atom is 0.303 e. The van der Waals surface area contributed by atoms with Crippen LogP contribution in [0.1, 0.15) is 19.4 Å². The molecule has 1 aromatic carbocycles. The molecule has 0 unspecified atom stereocenters. The Labute approximate surface area is 135 Å². The molecule has 1 aromatic rings. The zero-order chi connectivity index (χ0) is 16.7. The van der Waals surface area contributed by atoms with E-state index < -0.39 is 30.4 Å². The number of rotatable bonds is 6. The number of benzene rings is 1. The van der Waals surface area contributed by atoms with Crippen molar-refractivity contribution in [1.29, 1.82) is 0 Å². The first-order valence-corrected chi connectivity index (χ1v) is 7.34. The van der Waals surface area contributed by atoms with Crippen molar-refractivity contribution in [2.45, 2.75) is 39.0 Å². The molecule has 0 fully saturated rings. The van der Waals surface area contributed by atoms with Crippen molar-refractivity contribution in [2.24, 2.45) is 0 Å². The molecule has 6 nitrogen and oxygen atoms in total. The van der Waals surface area contributed by atoms with E-state index in [1.807, 2.05) is 30.3 Å². The van der Waals surface area contributed by atoms with E-state index in [2.05, 4.69) is 0 Å². The number of esters is 2. The van der Waals surface area contributed by atoms with E-state index in [0.29, 0.717) is 6.61 Å². The predicted molar refractivity (Wildman–Crippen MR) is 81.2 cm³/mol. The Morgan fingerprint density at radius 3 is 2.48 bits per heavy atom. The second kappa shape index (κ2) is 8.45. The summed E-state index contributed by atoms with van der Waals surface area (Å²) >= 11 is 0. The van der Waals surface area contributed by atoms with Gasteiger partial charge >= 0.3 is 11.9 Å². The lowest BCUT2D eigenvalue weighted by Crippen LogP contribution is -2.42. The topological polar surface area (TPSA) is 71.1 Å². The third kappa shape index (κ3) is 5.84. The number of carbonyl (C=O) groups is 2. The van der Waals surface area contributed by atoms with Gasteiger partial charge in [0, 0.05) is 13.8 Å². The average molecular weight is 320 g/mol. The third-order valence-electron chi connectivity index (χ3n) is 3.14. The highest BCUT2D eigenvalue weighted by Gasteiger charge is 2.31. The van der Waals surface area contributed by atoms with Crippen LogP contribution in [0.3, 0.4) is 0 Å². The number of carbonyl (C=O) groups excluding carboxylic acids is 2. The quantitative estimate of drug-likeness (QED) is 0.589. The monoisotopic (exact) mass is 320 g/mol. The van der Waals surface area contributed by atoms with Gasteiger partial charge in [-0.1, -0.05) is 30.3 Å². The average Bonchev–Trinajstić information content (AvgIpc) is 2.53. The lowest BCUT2D eigenvalue weighted by molar-refractivity contribution is -0.200. The molecule has 2 rings (SSSR count). The Morgan fingerprint density at radius 2 is 1.83 bits per heavy atom. The van der Waals surface area contributed by atoms with E-state index in [-0.39, 0.29) is 6.61 Å². The summed E-state index contributed by atoms with van der Waals surface area (Å²) in [6.07, 6.45) is 1.56. The Kier molecular flexibility index (Phi) is 6.31. The summed E-state index contributed by atoms with van der Waals surface area (Å²) in [6.45, 7) is 2.99. The van der Waals surface area contributed by atoms with Crippen LogP contribution in [-0.2, 0) is 35.1 Å². The lowest BCUT2D eigenvalue weighted by Gasteiger charge is -2.31. The second-order valence-corrected chi connectivity index (χ2v) is 5.10. The van der Waals surface area contributed by atoms with Crippen molar-refractivity contribution >= 4 is 11.9 Å². The maximum atomic E-state index is 11.1. The highest BCUT2D eigenvalue weighted by Crippen LogP contribution is 2.19. The van der Waals surface area contributed by atoms with E-state index in [0.717, 1.165) is 5.56 Å². The summed E-state index contributed by atoms with van der Waals surface area (Å²) in [5.74, 6) is -0.855. The normalized spacial score (nSPS) is 23.3. The van der Waals surface area contributed by atoms with Crippen molar-refractivity contribution in [3.05, 3.63) is 48.0 Å². The van der Waals surface area contributed by atoms with Gasteiger partial charge in [0.05, 0.1) is 6.61 Å². The lowest BCUT2D eigenvalue weighted by atomic mass is 10.1. The molecule has 1 aliphatic heterocycles. The van der Waals surface area contributed by atoms with Gasteiger partial charge in [-0.2, -0.15) is 0 Å². The van der Waals surface area contributed by atoms with Crippen molar-refractivity contribution in [2.75, 3.05) is 6.61 Å². The smallest absolute Gasteiger partial charge is 0.303 e. The summed E-state index contributed by atoms with van der Waals surface area (Å²) in [5.41, 5.74) is 1.02. The SMILES string of the molecule is CC(=O)OC[C@H]1O[C@H](OCc2ccccc2)C=C[C@H]1OC(C)=O. The van der Waals surface area contributed by atoms with E-state index in [1.165, 1.54) is 13.8 Å². The Balaban J connectivity index is 1.94. The van der Waals surface area contributed by atoms with E-state index in [1.54, 1.807) is 12.2 Å². The molecular weight excluding hydrogens is 300 g/mol. The van der Waals surface area contributed by atoms with Crippen molar-refractivity contribution < 1.29 is 28.5 Å². The molecule has 1 aliphatic rings. The van der Waals surface area contributed by atoms with E-state index in [9.17, 15) is 9.59 Å². The van der Waals surface area contributed by atoms with Crippen LogP contribution >= 0.6 is 0 Å². The van der Waals surface area contributed by atoms with Gasteiger partial charge in [0.2, 0.25) is 0 Å². The number of hydrogen-bond donors (Lipinski definition) is 0. The van der Waals surface area contributed by atoms with Crippen LogP contribution in [0.25, 0.3) is 0 Å². The molecule has 0 saturated carbocycles. The zero-order valence-corrected chi connectivity index (χ0v) is 13.1. The summed E-state index contributed by atoms with van der Waals surface area (Å²) in [4.78, 5) is 22.1. The standard InChI is InChI=1S/C17H20O6/c1-12(18)20-11-16-15(22-13(2)19)8-9-17(23-16)21-10-14-6-4-3-5-7-14/h3-9,15-17H,10-11H2,1-2H3/t15-,16-,17+/m1/s1. The first-order chi connectivity index (χ1) is 11.0. The first-order valence-electron chi connectivity index (χ1n) is 7.34. The van der Waals surface area contributed by atoms with E-state index >= 15 is 0 Å². The van der Waals surface area contributed by atoms with Gasteiger partial charge in [0.1, 0.15) is 18.8 Å². The van der Waals surface area contributed by atoms with Crippen LogP contribution in [0.2, 0.25) is 0 Å². The summed E-state index contributed by atoms with van der Waals surface area (Å²) < 4.78 is 21.5. The zero-order valence-electron chi connectivity index (χ0n) is 13.1. The highest BCUT2D eigenvalue weighted by atomic mass is 16.7. The molecule has 0 amide bonds. The molecule has 0 aromatic heterocycles. The van der Waals surface area contributed by atoms with Gasteiger partial charge in [-0.15, -0.1) is 0 Å². The summed E-state index contributed by atoms with van der Waals surface area (Å²) in [5, 5.41) is 0. The minimum absolute atomic E-state index is 0.0111. The van der Waals surface area contributed by atoms with Gasteiger partial charge in [-0.3, -0.25) is 9.59 Å². The minimum Gasteiger partial charge on any atom is -0.463 e. The Bertz CT molecular complexity index is 553. The molecule has 23 heavy (non-hydrogen) atoms. The summed E-state index contributed by atoms with van der Waals surface area (Å²) in [6, 6.07) is 9.68. The van der Waals surface area contributed by atoms with Crippen molar-refractivity contribution in [3.63, 3.8) is 0 Å². The van der Waals surface area contributed by atoms with Crippen LogP contribution in [0.5, 0.6) is 0 Å². The van der Waals surface area contributed by atoms with Crippen LogP contribution in [-0.4, -0.2) is 37.0 Å². The maximum absolute atomic E-state index is 11.1. The molecule has 124 valence electrons. The molecule has 0 radical (unpaired) electrons. The summed E-state index contributed by atoms with van der Waals surface area (Å²) in [7, 11) is 0. The predicted octanol–water partition coefficient (Wildman–Crippen LogP) is 1.98. The minimum atomic E-state index is -0.608. The fourth-order valence-electron chi connectivity index (χ4n) is 2.11. The molecule has 3 atom stereocenters. The van der Waals surface area contributed by atoms with Crippen LogP contribution < -0.4 is 0 Å². The second-order valence-electron chi connectivity index (χ2n) is 5.10. The van der Waals surface area contributed by atoms with Crippen LogP contribution in [0.4, 0.5) is 0 Å². The largest absolute Gasteiger partial charge is 0.463 e. The van der Waals surface area contributed by atoms with Gasteiger partial charge < -0.3 is 18.9 Å². The van der Waals surface area contributed by atoms with Gasteiger partial charge in [0.15, 0.2) is 6.29 Å². The van der Waals surface area contributed by atoms with Crippen molar-refractivity contribution in [1.82, 2.24) is 0 Å². The van der Waals surface area contributed by atoms with Crippen LogP contribution in [0.15, 0.2) is 42.5 Å². The Hall–Kier alpha value is -2.18. The molecule has 0 N–H and O–H groups in total. The van der Waals surface area contributed by atoms with Gasteiger partial charge in [-0.05, 0) is 17.7 Å². The van der Waals surface area contributed by atoms with Gasteiger partial charge in [-0.25, -0.2) is 0 Å². The Morgan fingerprint density at radius 1 is 1.09 bits per heavy atom. The number of ether oxygens (including phenoxy) is 4. The molecule has 0 bridgehead atoms. The molecule has 6 heteroatoms. The molecular formula is C17H20O6. The fraction of sp³-hybridized carbons (Fsp3) is 0.412. The molecule has 0 spiro atoms. The fourth-order valence-corrected chi connectivity index (χ4v) is 2.11. The van der Waals surface area contributed by atoms with Crippen LogP contribution in [0, 0.1) is 0 Å². The third-order valence-corrected chi connectivity index (χ3v) is 3.14. The van der Waals surface area contributed by atoms with Gasteiger partial charge in [0.25, 0.3) is 0 Å². The van der Waals surface area contributed by atoms with Crippen molar-refractivity contribution in [3.8, 4) is 0 Å². The molecule has 0 aliphatic carbocycles. The first kappa shape index (κ1) is 17.2. The molecule has 1 heterocycles. The number of hydrogen-bond acceptors (Lipinski definition) is 6. The van der Waals surface area contributed by atoms with E-state index in [4.69, 9.17) is 18.9 Å². The highest BCUT2D eigenvalue weighted by molar-refractivity contribution is 5.66.